The van der Waals surface area contributed by atoms with E-state index < -0.39 is 27.7 Å². The molecule has 0 aliphatic carbocycles. The van der Waals surface area contributed by atoms with E-state index in [9.17, 15) is 22.0 Å². The maximum absolute atomic E-state index is 13.3. The Labute approximate surface area is 150 Å². The summed E-state index contributed by atoms with van der Waals surface area (Å²) in [6, 6.07) is 8.51. The third kappa shape index (κ3) is 3.76. The normalized spacial score (nSPS) is 16.1. The van der Waals surface area contributed by atoms with Gasteiger partial charge in [-0.15, -0.1) is 0 Å². The van der Waals surface area contributed by atoms with Gasteiger partial charge in [0.2, 0.25) is 15.9 Å². The summed E-state index contributed by atoms with van der Waals surface area (Å²) in [5.41, 5.74) is 0.965. The smallest absolute Gasteiger partial charge is 0.241 e. The highest BCUT2D eigenvalue weighted by Crippen LogP contribution is 2.24. The van der Waals surface area contributed by atoms with Gasteiger partial charge in [-0.2, -0.15) is 0 Å². The molecule has 26 heavy (non-hydrogen) atoms. The lowest BCUT2D eigenvalue weighted by Gasteiger charge is -2.17. The summed E-state index contributed by atoms with van der Waals surface area (Å²) >= 11 is 0. The van der Waals surface area contributed by atoms with Crippen LogP contribution in [0.1, 0.15) is 31.4 Å². The first-order valence-corrected chi connectivity index (χ1v) is 9.64. The van der Waals surface area contributed by atoms with Gasteiger partial charge in [-0.1, -0.05) is 6.07 Å². The minimum Gasteiger partial charge on any atom is -0.312 e. The molecule has 8 heteroatoms. The number of carbonyl (C=O) groups is 1. The predicted octanol–water partition coefficient (Wildman–Crippen LogP) is 3.13. The third-order valence-electron chi connectivity index (χ3n) is 4.31. The molecule has 2 aromatic rings. The van der Waals surface area contributed by atoms with E-state index >= 15 is 0 Å². The summed E-state index contributed by atoms with van der Waals surface area (Å²) in [6.07, 6.45) is 1.28. The summed E-state index contributed by atoms with van der Waals surface area (Å²) in [5.74, 6) is -2.00. The minimum absolute atomic E-state index is 0.0192. The largest absolute Gasteiger partial charge is 0.312 e. The molecule has 138 valence electrons. The second-order valence-electron chi connectivity index (χ2n) is 6.16. The number of nitrogens with one attached hydrogen (secondary N) is 1. The van der Waals surface area contributed by atoms with Crippen molar-refractivity contribution < 1.29 is 22.0 Å². The molecule has 1 amide bonds. The fourth-order valence-corrected chi connectivity index (χ4v) is 4.11. The Bertz CT molecular complexity index is 930. The molecule has 1 aliphatic rings. The van der Waals surface area contributed by atoms with Gasteiger partial charge in [0.1, 0.15) is 0 Å². The molecule has 1 heterocycles. The first-order valence-electron chi connectivity index (χ1n) is 8.15. The number of benzene rings is 2. The van der Waals surface area contributed by atoms with Crippen LogP contribution in [-0.4, -0.2) is 20.9 Å². The maximum atomic E-state index is 13.3. The molecular weight excluding hydrogens is 362 g/mol. The van der Waals surface area contributed by atoms with E-state index in [2.05, 4.69) is 4.72 Å². The quantitative estimate of drug-likeness (QED) is 0.867. The monoisotopic (exact) mass is 380 g/mol. The van der Waals surface area contributed by atoms with E-state index in [1.807, 2.05) is 0 Å². The first kappa shape index (κ1) is 18.5. The highest BCUT2D eigenvalue weighted by molar-refractivity contribution is 7.89. The van der Waals surface area contributed by atoms with Crippen LogP contribution >= 0.6 is 0 Å². The number of hydrogen-bond donors (Lipinski definition) is 1. The molecule has 3 rings (SSSR count). The summed E-state index contributed by atoms with van der Waals surface area (Å²) in [5, 5.41) is 0. The maximum Gasteiger partial charge on any atom is 0.241 e. The Hall–Kier alpha value is -2.32. The molecular formula is C18H18F2N2O3S. The van der Waals surface area contributed by atoms with E-state index in [4.69, 9.17) is 0 Å². The van der Waals surface area contributed by atoms with Crippen molar-refractivity contribution in [3.63, 3.8) is 0 Å². The molecule has 0 bridgehead atoms. The van der Waals surface area contributed by atoms with Crippen LogP contribution in [0.15, 0.2) is 47.4 Å². The Kier molecular flexibility index (Phi) is 5.06. The van der Waals surface area contributed by atoms with Crippen molar-refractivity contribution in [1.82, 2.24) is 4.72 Å². The van der Waals surface area contributed by atoms with E-state index in [0.717, 1.165) is 18.6 Å². The summed E-state index contributed by atoms with van der Waals surface area (Å²) in [7, 11) is -3.85. The minimum atomic E-state index is -3.85. The lowest BCUT2D eigenvalue weighted by Crippen LogP contribution is -2.27. The van der Waals surface area contributed by atoms with E-state index in [-0.39, 0.29) is 10.8 Å². The molecule has 2 aromatic carbocycles. The average Bonchev–Trinajstić information content (AvgIpc) is 3.03. The van der Waals surface area contributed by atoms with Crippen molar-refractivity contribution in [2.24, 2.45) is 0 Å². The van der Waals surface area contributed by atoms with Crippen molar-refractivity contribution in [3.8, 4) is 0 Å². The summed E-state index contributed by atoms with van der Waals surface area (Å²) in [4.78, 5) is 13.4. The standard InChI is InChI=1S/C18H18F2N2O3S/c1-12(13-4-9-16(19)17(20)11-13)21-26(24,25)15-7-5-14(6-8-15)22-10-2-3-18(22)23/h4-9,11-12,21H,2-3,10H2,1H3. The van der Waals surface area contributed by atoms with E-state index in [0.29, 0.717) is 24.2 Å². The molecule has 1 unspecified atom stereocenters. The van der Waals surface area contributed by atoms with Crippen molar-refractivity contribution in [3.05, 3.63) is 59.7 Å². The van der Waals surface area contributed by atoms with Gasteiger partial charge in [-0.25, -0.2) is 21.9 Å². The van der Waals surface area contributed by atoms with Gasteiger partial charge in [-0.05, 0) is 55.3 Å². The molecule has 1 aliphatic heterocycles. The average molecular weight is 380 g/mol. The summed E-state index contributed by atoms with van der Waals surface area (Å²) < 4.78 is 53.8. The Morgan fingerprint density at radius 1 is 1.08 bits per heavy atom. The molecule has 1 atom stereocenters. The number of rotatable bonds is 5. The number of hydrogen-bond acceptors (Lipinski definition) is 3. The van der Waals surface area contributed by atoms with Gasteiger partial charge in [0.15, 0.2) is 11.6 Å². The number of halogens is 2. The van der Waals surface area contributed by atoms with Crippen molar-refractivity contribution in [2.75, 3.05) is 11.4 Å². The van der Waals surface area contributed by atoms with E-state index in [1.54, 1.807) is 24.0 Å². The second kappa shape index (κ2) is 7.13. The zero-order chi connectivity index (χ0) is 18.9. The van der Waals surface area contributed by atoms with Gasteiger partial charge in [0.05, 0.1) is 4.90 Å². The number of nitrogens with zero attached hydrogens (tertiary/aromatic N) is 1. The third-order valence-corrected chi connectivity index (χ3v) is 5.86. The van der Waals surface area contributed by atoms with Crippen molar-refractivity contribution in [1.29, 1.82) is 0 Å². The van der Waals surface area contributed by atoms with Gasteiger partial charge in [-0.3, -0.25) is 4.79 Å². The molecule has 0 aromatic heterocycles. The fourth-order valence-electron chi connectivity index (χ4n) is 2.88. The lowest BCUT2D eigenvalue weighted by molar-refractivity contribution is -0.117. The number of anilines is 1. The van der Waals surface area contributed by atoms with Crippen LogP contribution in [0.4, 0.5) is 14.5 Å². The Balaban J connectivity index is 1.77. The van der Waals surface area contributed by atoms with Crippen LogP contribution in [0, 0.1) is 11.6 Å². The Morgan fingerprint density at radius 2 is 1.77 bits per heavy atom. The van der Waals surface area contributed by atoms with Gasteiger partial charge in [0.25, 0.3) is 0 Å². The topological polar surface area (TPSA) is 66.5 Å². The number of sulfonamides is 1. The number of amides is 1. The van der Waals surface area contributed by atoms with Crippen LogP contribution in [0.2, 0.25) is 0 Å². The van der Waals surface area contributed by atoms with Crippen molar-refractivity contribution >= 4 is 21.6 Å². The van der Waals surface area contributed by atoms with Crippen LogP contribution in [0.5, 0.6) is 0 Å². The molecule has 5 nitrogen and oxygen atoms in total. The lowest BCUT2D eigenvalue weighted by atomic mass is 10.1. The zero-order valence-corrected chi connectivity index (χ0v) is 14.9. The van der Waals surface area contributed by atoms with Crippen LogP contribution in [0.25, 0.3) is 0 Å². The number of carbonyl (C=O) groups excluding carboxylic acids is 1. The first-order chi connectivity index (χ1) is 12.3. The van der Waals surface area contributed by atoms with Gasteiger partial charge in [0, 0.05) is 24.7 Å². The molecule has 1 N–H and O–H groups in total. The highest BCUT2D eigenvalue weighted by Gasteiger charge is 2.23. The van der Waals surface area contributed by atoms with Crippen LogP contribution < -0.4 is 9.62 Å². The van der Waals surface area contributed by atoms with Crippen LogP contribution in [-0.2, 0) is 14.8 Å². The molecule has 0 saturated carbocycles. The van der Waals surface area contributed by atoms with Crippen molar-refractivity contribution in [2.45, 2.75) is 30.7 Å². The SMILES string of the molecule is CC(NS(=O)(=O)c1ccc(N2CCCC2=O)cc1)c1ccc(F)c(F)c1. The zero-order valence-electron chi connectivity index (χ0n) is 14.1. The van der Waals surface area contributed by atoms with E-state index in [1.165, 1.54) is 18.2 Å². The highest BCUT2D eigenvalue weighted by atomic mass is 32.2. The molecule has 0 radical (unpaired) electrons. The van der Waals surface area contributed by atoms with Gasteiger partial charge >= 0.3 is 0 Å². The molecule has 1 fully saturated rings. The van der Waals surface area contributed by atoms with Gasteiger partial charge < -0.3 is 4.90 Å². The molecule has 1 saturated heterocycles. The van der Waals surface area contributed by atoms with Crippen LogP contribution in [0.3, 0.4) is 0 Å². The second-order valence-corrected chi connectivity index (χ2v) is 7.87. The summed E-state index contributed by atoms with van der Waals surface area (Å²) in [6.45, 7) is 2.16. The molecule has 0 spiro atoms. The predicted molar refractivity (Wildman–Crippen MR) is 93.1 cm³/mol. The Morgan fingerprint density at radius 3 is 2.35 bits per heavy atom. The fraction of sp³-hybridized carbons (Fsp3) is 0.278.